The first kappa shape index (κ1) is 35.6. The molecule has 0 atom stereocenters. The van der Waals surface area contributed by atoms with Gasteiger partial charge in [-0.05, 0) is 50.2 Å². The quantitative estimate of drug-likeness (QED) is 0.310. The molecule has 1 aliphatic heterocycles. The number of nitrogens with zero attached hydrogens (tertiary/aromatic N) is 4. The van der Waals surface area contributed by atoms with E-state index in [4.69, 9.17) is 23.2 Å². The Hall–Kier alpha value is -1.38. The SMILES string of the molecule is Cc1c(C(=O)NCCCN2CCN(c3cccc(Cl)c3Cl)CC2)cc(-c2ccccn2)n1C.Cl.Cl.Cl.Cl. The Balaban J connectivity index is 0.00000324. The van der Waals surface area contributed by atoms with Gasteiger partial charge in [-0.3, -0.25) is 14.7 Å². The van der Waals surface area contributed by atoms with Gasteiger partial charge in [0.25, 0.3) is 5.91 Å². The number of hydrogen-bond donors (Lipinski definition) is 1. The summed E-state index contributed by atoms with van der Waals surface area (Å²) in [5, 5.41) is 4.29. The minimum absolute atomic E-state index is 0. The zero-order valence-corrected chi connectivity index (χ0v) is 25.4. The van der Waals surface area contributed by atoms with Crippen LogP contribution in [0.15, 0.2) is 48.7 Å². The van der Waals surface area contributed by atoms with Crippen molar-refractivity contribution >= 4 is 84.4 Å². The van der Waals surface area contributed by atoms with Crippen LogP contribution in [-0.4, -0.2) is 59.6 Å². The van der Waals surface area contributed by atoms with Crippen LogP contribution in [0.4, 0.5) is 5.69 Å². The number of benzene rings is 1. The number of hydrogen-bond acceptors (Lipinski definition) is 4. The van der Waals surface area contributed by atoms with E-state index in [1.165, 1.54) is 0 Å². The first-order valence-corrected chi connectivity index (χ1v) is 12.0. The van der Waals surface area contributed by atoms with Gasteiger partial charge in [0.15, 0.2) is 0 Å². The van der Waals surface area contributed by atoms with E-state index < -0.39 is 0 Å². The van der Waals surface area contributed by atoms with Crippen molar-refractivity contribution in [2.75, 3.05) is 44.2 Å². The van der Waals surface area contributed by atoms with Gasteiger partial charge in [0, 0.05) is 51.7 Å². The highest BCUT2D eigenvalue weighted by Crippen LogP contribution is 2.32. The van der Waals surface area contributed by atoms with Crippen molar-refractivity contribution in [3.05, 3.63) is 70.0 Å². The molecule has 2 aromatic heterocycles. The van der Waals surface area contributed by atoms with Crippen molar-refractivity contribution in [2.45, 2.75) is 13.3 Å². The molecule has 0 bridgehead atoms. The average molecular weight is 632 g/mol. The van der Waals surface area contributed by atoms with Crippen LogP contribution < -0.4 is 10.2 Å². The van der Waals surface area contributed by atoms with Crippen molar-refractivity contribution < 1.29 is 4.79 Å². The molecular formula is C25H33Cl6N5O. The van der Waals surface area contributed by atoms with Crippen LogP contribution in [0.1, 0.15) is 22.5 Å². The fourth-order valence-electron chi connectivity index (χ4n) is 4.24. The molecule has 12 heteroatoms. The molecule has 1 fully saturated rings. The van der Waals surface area contributed by atoms with Crippen molar-refractivity contribution in [1.29, 1.82) is 0 Å². The summed E-state index contributed by atoms with van der Waals surface area (Å²) in [7, 11) is 1.96. The van der Waals surface area contributed by atoms with E-state index in [1.807, 2.05) is 61.0 Å². The topological polar surface area (TPSA) is 53.4 Å². The lowest BCUT2D eigenvalue weighted by Crippen LogP contribution is -2.47. The number of nitrogens with one attached hydrogen (secondary N) is 1. The lowest BCUT2D eigenvalue weighted by molar-refractivity contribution is 0.0950. The predicted molar refractivity (Wildman–Crippen MR) is 164 cm³/mol. The number of aromatic nitrogens is 2. The maximum Gasteiger partial charge on any atom is 0.253 e. The monoisotopic (exact) mass is 629 g/mol. The third-order valence-corrected chi connectivity index (χ3v) is 7.10. The minimum Gasteiger partial charge on any atom is -0.368 e. The molecule has 1 N–H and O–H groups in total. The van der Waals surface area contributed by atoms with Gasteiger partial charge in [-0.2, -0.15) is 0 Å². The Morgan fingerprint density at radius 1 is 1.00 bits per heavy atom. The first-order chi connectivity index (χ1) is 16.0. The van der Waals surface area contributed by atoms with Gasteiger partial charge in [-0.15, -0.1) is 49.6 Å². The Morgan fingerprint density at radius 2 is 1.70 bits per heavy atom. The predicted octanol–water partition coefficient (Wildman–Crippen LogP) is 6.33. The molecule has 0 radical (unpaired) electrons. The van der Waals surface area contributed by atoms with E-state index in [1.54, 1.807) is 6.20 Å². The number of rotatable bonds is 7. The second-order valence-corrected chi connectivity index (χ2v) is 9.10. The van der Waals surface area contributed by atoms with Crippen LogP contribution in [0.3, 0.4) is 0 Å². The molecule has 3 aromatic rings. The molecule has 1 amide bonds. The molecule has 0 saturated carbocycles. The minimum atomic E-state index is -0.0364. The van der Waals surface area contributed by atoms with Crippen molar-refractivity contribution in [3.8, 4) is 11.4 Å². The van der Waals surface area contributed by atoms with E-state index in [2.05, 4.69) is 20.1 Å². The molecule has 206 valence electrons. The number of halogens is 6. The highest BCUT2D eigenvalue weighted by molar-refractivity contribution is 6.43. The fourth-order valence-corrected chi connectivity index (χ4v) is 4.65. The Morgan fingerprint density at radius 3 is 2.35 bits per heavy atom. The number of piperazine rings is 1. The standard InChI is InChI=1S/C25H29Cl2N5O.4ClH/c1-18-19(17-23(30(18)2)21-8-3-4-10-28-21)25(33)29-11-6-12-31-13-15-32(16-14-31)22-9-5-7-20(26)24(22)27;;;;/h3-5,7-10,17H,6,11-16H2,1-2H3,(H,29,33);4*1H. The molecule has 6 nitrogen and oxygen atoms in total. The number of carbonyl (C=O) groups excluding carboxylic acids is 1. The molecule has 0 spiro atoms. The van der Waals surface area contributed by atoms with Gasteiger partial charge in [0.05, 0.1) is 32.7 Å². The molecule has 4 rings (SSSR count). The molecule has 3 heterocycles. The summed E-state index contributed by atoms with van der Waals surface area (Å²) in [5.74, 6) is -0.0364. The lowest BCUT2D eigenvalue weighted by Gasteiger charge is -2.36. The average Bonchev–Trinajstić information content (AvgIpc) is 3.14. The number of carbonyl (C=O) groups is 1. The van der Waals surface area contributed by atoms with Crippen LogP contribution in [0, 0.1) is 6.92 Å². The summed E-state index contributed by atoms with van der Waals surface area (Å²) >= 11 is 12.5. The van der Waals surface area contributed by atoms with Crippen LogP contribution in [0.5, 0.6) is 0 Å². The van der Waals surface area contributed by atoms with Gasteiger partial charge in [0.2, 0.25) is 0 Å². The number of anilines is 1. The first-order valence-electron chi connectivity index (χ1n) is 11.2. The molecule has 1 saturated heterocycles. The molecular weight excluding hydrogens is 599 g/mol. The zero-order valence-electron chi connectivity index (χ0n) is 20.7. The van der Waals surface area contributed by atoms with Crippen molar-refractivity contribution in [2.24, 2.45) is 7.05 Å². The fraction of sp³-hybridized carbons (Fsp3) is 0.360. The van der Waals surface area contributed by atoms with Crippen LogP contribution >= 0.6 is 72.8 Å². The van der Waals surface area contributed by atoms with Gasteiger partial charge >= 0.3 is 0 Å². The largest absolute Gasteiger partial charge is 0.368 e. The van der Waals surface area contributed by atoms with Crippen molar-refractivity contribution in [3.63, 3.8) is 0 Å². The molecule has 1 aromatic carbocycles. The van der Waals surface area contributed by atoms with E-state index in [0.29, 0.717) is 22.2 Å². The lowest BCUT2D eigenvalue weighted by atomic mass is 10.2. The number of amides is 1. The second-order valence-electron chi connectivity index (χ2n) is 8.31. The van der Waals surface area contributed by atoms with E-state index >= 15 is 0 Å². The van der Waals surface area contributed by atoms with Gasteiger partial charge in [0.1, 0.15) is 0 Å². The summed E-state index contributed by atoms with van der Waals surface area (Å²) in [6.45, 7) is 7.30. The van der Waals surface area contributed by atoms with E-state index in [0.717, 1.165) is 61.9 Å². The third kappa shape index (κ3) is 8.56. The zero-order chi connectivity index (χ0) is 23.4. The molecule has 1 aliphatic rings. The molecule has 0 aliphatic carbocycles. The summed E-state index contributed by atoms with van der Waals surface area (Å²) in [5.41, 5.74) is 4.43. The second kappa shape index (κ2) is 16.6. The summed E-state index contributed by atoms with van der Waals surface area (Å²) in [6.07, 6.45) is 2.67. The van der Waals surface area contributed by atoms with Gasteiger partial charge in [-0.1, -0.05) is 35.3 Å². The maximum absolute atomic E-state index is 12.8. The van der Waals surface area contributed by atoms with Gasteiger partial charge in [-0.25, -0.2) is 0 Å². The van der Waals surface area contributed by atoms with E-state index in [9.17, 15) is 4.79 Å². The highest BCUT2D eigenvalue weighted by Gasteiger charge is 2.20. The van der Waals surface area contributed by atoms with Crippen LogP contribution in [-0.2, 0) is 7.05 Å². The van der Waals surface area contributed by atoms with Gasteiger partial charge < -0.3 is 14.8 Å². The summed E-state index contributed by atoms with van der Waals surface area (Å²) in [4.78, 5) is 21.9. The van der Waals surface area contributed by atoms with E-state index in [-0.39, 0.29) is 55.5 Å². The normalized spacial score (nSPS) is 12.9. The highest BCUT2D eigenvalue weighted by atomic mass is 35.5. The smallest absolute Gasteiger partial charge is 0.253 e. The molecule has 37 heavy (non-hydrogen) atoms. The number of pyridine rings is 1. The summed E-state index contributed by atoms with van der Waals surface area (Å²) in [6, 6.07) is 13.5. The Kier molecular flexibility index (Phi) is 15.9. The Labute approximate surface area is 253 Å². The third-order valence-electron chi connectivity index (χ3n) is 6.29. The Bertz CT molecular complexity index is 1120. The van der Waals surface area contributed by atoms with Crippen LogP contribution in [0.25, 0.3) is 11.4 Å². The van der Waals surface area contributed by atoms with Crippen LogP contribution in [0.2, 0.25) is 10.0 Å². The maximum atomic E-state index is 12.8. The summed E-state index contributed by atoms with van der Waals surface area (Å²) < 4.78 is 2.02. The molecule has 0 unspecified atom stereocenters. The van der Waals surface area contributed by atoms with Crippen molar-refractivity contribution in [1.82, 2.24) is 19.8 Å².